The van der Waals surface area contributed by atoms with Gasteiger partial charge in [-0.15, -0.1) is 0 Å². The standard InChI is InChI=1S/C15H23N3O/c1-15(2)11-17(3)9-13(6-7-16)18(12-15)10-14-5-4-8-19-14/h4-5,8,13H,6,9-12H2,1-3H3. The first-order chi connectivity index (χ1) is 9.00. The van der Waals surface area contributed by atoms with Crippen LogP contribution in [0.15, 0.2) is 22.8 Å². The number of likely N-dealkylation sites (N-methyl/N-ethyl adjacent to an activating group) is 1. The Hall–Kier alpha value is -1.31. The van der Waals surface area contributed by atoms with E-state index in [4.69, 9.17) is 9.68 Å². The van der Waals surface area contributed by atoms with Crippen molar-refractivity contribution >= 4 is 0 Å². The molecule has 0 aliphatic carbocycles. The van der Waals surface area contributed by atoms with E-state index in [1.807, 2.05) is 12.1 Å². The lowest BCUT2D eigenvalue weighted by Gasteiger charge is -2.32. The van der Waals surface area contributed by atoms with Crippen LogP contribution in [0.1, 0.15) is 26.0 Å². The molecule has 1 aliphatic heterocycles. The lowest BCUT2D eigenvalue weighted by atomic mass is 9.92. The molecule has 4 heteroatoms. The summed E-state index contributed by atoms with van der Waals surface area (Å²) in [5.74, 6) is 0.975. The zero-order chi connectivity index (χ0) is 13.9. The topological polar surface area (TPSA) is 43.4 Å². The first-order valence-corrected chi connectivity index (χ1v) is 6.82. The van der Waals surface area contributed by atoms with Crippen molar-refractivity contribution in [2.75, 3.05) is 26.7 Å². The van der Waals surface area contributed by atoms with Gasteiger partial charge in [-0.2, -0.15) is 5.26 Å². The number of rotatable bonds is 3. The molecule has 2 heterocycles. The molecule has 0 spiro atoms. The van der Waals surface area contributed by atoms with E-state index in [9.17, 15) is 0 Å². The molecule has 1 aliphatic rings. The highest BCUT2D eigenvalue weighted by atomic mass is 16.3. The third-order valence-corrected chi connectivity index (χ3v) is 3.63. The van der Waals surface area contributed by atoms with Gasteiger partial charge in [0.1, 0.15) is 5.76 Å². The van der Waals surface area contributed by atoms with Crippen molar-refractivity contribution in [1.29, 1.82) is 5.26 Å². The van der Waals surface area contributed by atoms with Crippen LogP contribution in [-0.2, 0) is 6.54 Å². The van der Waals surface area contributed by atoms with Crippen molar-refractivity contribution in [2.24, 2.45) is 5.41 Å². The summed E-state index contributed by atoms with van der Waals surface area (Å²) in [6.45, 7) is 8.35. The Kier molecular flexibility index (Phi) is 4.28. The highest BCUT2D eigenvalue weighted by molar-refractivity contribution is 5.00. The van der Waals surface area contributed by atoms with Crippen LogP contribution in [-0.4, -0.2) is 42.5 Å². The molecule has 0 radical (unpaired) electrons. The average molecular weight is 261 g/mol. The predicted molar refractivity (Wildman–Crippen MR) is 74.4 cm³/mol. The summed E-state index contributed by atoms with van der Waals surface area (Å²) in [5, 5.41) is 9.05. The largest absolute Gasteiger partial charge is 0.468 e. The van der Waals surface area contributed by atoms with E-state index in [0.29, 0.717) is 6.42 Å². The Balaban J connectivity index is 2.16. The monoisotopic (exact) mass is 261 g/mol. The normalized spacial score (nSPS) is 24.8. The summed E-state index contributed by atoms with van der Waals surface area (Å²) in [6.07, 6.45) is 2.28. The minimum absolute atomic E-state index is 0.228. The molecule has 2 rings (SSSR count). The smallest absolute Gasteiger partial charge is 0.117 e. The molecule has 1 aromatic heterocycles. The van der Waals surface area contributed by atoms with Crippen molar-refractivity contribution in [3.05, 3.63) is 24.2 Å². The Bertz CT molecular complexity index is 433. The average Bonchev–Trinajstić information content (AvgIpc) is 2.75. The van der Waals surface area contributed by atoms with Gasteiger partial charge in [0.2, 0.25) is 0 Å². The molecule has 104 valence electrons. The first-order valence-electron chi connectivity index (χ1n) is 6.82. The molecule has 0 aromatic carbocycles. The van der Waals surface area contributed by atoms with E-state index in [1.165, 1.54) is 0 Å². The minimum atomic E-state index is 0.228. The zero-order valence-corrected chi connectivity index (χ0v) is 12.1. The molecular formula is C15H23N3O. The van der Waals surface area contributed by atoms with E-state index in [-0.39, 0.29) is 11.5 Å². The summed E-state index contributed by atoms with van der Waals surface area (Å²) in [5.41, 5.74) is 0.228. The van der Waals surface area contributed by atoms with Crippen molar-refractivity contribution in [3.63, 3.8) is 0 Å². The fourth-order valence-electron chi connectivity index (χ4n) is 3.09. The van der Waals surface area contributed by atoms with Crippen molar-refractivity contribution in [1.82, 2.24) is 9.80 Å². The number of nitriles is 1. The molecule has 1 aromatic rings. The van der Waals surface area contributed by atoms with Gasteiger partial charge >= 0.3 is 0 Å². The van der Waals surface area contributed by atoms with Crippen LogP contribution >= 0.6 is 0 Å². The van der Waals surface area contributed by atoms with E-state index in [1.54, 1.807) is 6.26 Å². The fourth-order valence-corrected chi connectivity index (χ4v) is 3.09. The van der Waals surface area contributed by atoms with Crippen LogP contribution in [0.3, 0.4) is 0 Å². The van der Waals surface area contributed by atoms with Gasteiger partial charge in [-0.1, -0.05) is 13.8 Å². The summed E-state index contributed by atoms with van der Waals surface area (Å²) >= 11 is 0. The summed E-state index contributed by atoms with van der Waals surface area (Å²) in [4.78, 5) is 4.73. The molecular weight excluding hydrogens is 238 g/mol. The van der Waals surface area contributed by atoms with Crippen LogP contribution in [0.4, 0.5) is 0 Å². The Morgan fingerprint density at radius 1 is 1.47 bits per heavy atom. The van der Waals surface area contributed by atoms with Crippen LogP contribution in [0.25, 0.3) is 0 Å². The van der Waals surface area contributed by atoms with Gasteiger partial charge in [0, 0.05) is 25.7 Å². The van der Waals surface area contributed by atoms with Gasteiger partial charge in [0.15, 0.2) is 0 Å². The number of nitrogens with zero attached hydrogens (tertiary/aromatic N) is 3. The molecule has 1 saturated heterocycles. The zero-order valence-electron chi connectivity index (χ0n) is 12.1. The molecule has 0 saturated carbocycles. The number of hydrogen-bond acceptors (Lipinski definition) is 4. The van der Waals surface area contributed by atoms with Gasteiger partial charge < -0.3 is 9.32 Å². The second-order valence-electron chi connectivity index (χ2n) is 6.36. The summed E-state index contributed by atoms with van der Waals surface area (Å²) < 4.78 is 5.46. The predicted octanol–water partition coefficient (Wildman–Crippen LogP) is 2.34. The maximum atomic E-state index is 9.05. The van der Waals surface area contributed by atoms with Crippen LogP contribution in [0, 0.1) is 16.7 Å². The molecule has 19 heavy (non-hydrogen) atoms. The first kappa shape index (κ1) is 14.1. The lowest BCUT2D eigenvalue weighted by molar-refractivity contribution is 0.140. The van der Waals surface area contributed by atoms with Crippen LogP contribution < -0.4 is 0 Å². The molecule has 1 fully saturated rings. The number of hydrogen-bond donors (Lipinski definition) is 0. The third-order valence-electron chi connectivity index (χ3n) is 3.63. The summed E-state index contributed by atoms with van der Waals surface area (Å²) in [7, 11) is 2.14. The van der Waals surface area contributed by atoms with Crippen LogP contribution in [0.5, 0.6) is 0 Å². The van der Waals surface area contributed by atoms with E-state index >= 15 is 0 Å². The third kappa shape index (κ3) is 3.82. The highest BCUT2D eigenvalue weighted by Crippen LogP contribution is 2.26. The maximum Gasteiger partial charge on any atom is 0.117 e. The second kappa shape index (κ2) is 5.77. The van der Waals surface area contributed by atoms with Gasteiger partial charge in [-0.25, -0.2) is 0 Å². The molecule has 0 bridgehead atoms. The quantitative estimate of drug-likeness (QED) is 0.837. The van der Waals surface area contributed by atoms with Gasteiger partial charge in [-0.05, 0) is 24.6 Å². The Morgan fingerprint density at radius 3 is 2.89 bits per heavy atom. The Morgan fingerprint density at radius 2 is 2.26 bits per heavy atom. The minimum Gasteiger partial charge on any atom is -0.468 e. The van der Waals surface area contributed by atoms with Gasteiger partial charge in [0.05, 0.1) is 25.3 Å². The Labute approximate surface area is 115 Å². The van der Waals surface area contributed by atoms with E-state index in [2.05, 4.69) is 36.8 Å². The molecule has 0 amide bonds. The second-order valence-corrected chi connectivity index (χ2v) is 6.36. The van der Waals surface area contributed by atoms with Crippen LogP contribution in [0.2, 0.25) is 0 Å². The maximum absolute atomic E-state index is 9.05. The van der Waals surface area contributed by atoms with Crippen molar-refractivity contribution in [3.8, 4) is 6.07 Å². The summed E-state index contributed by atoms with van der Waals surface area (Å²) in [6, 6.07) is 6.53. The van der Waals surface area contributed by atoms with E-state index in [0.717, 1.165) is 31.9 Å². The number of furan rings is 1. The van der Waals surface area contributed by atoms with E-state index < -0.39 is 0 Å². The van der Waals surface area contributed by atoms with Crippen molar-refractivity contribution < 1.29 is 4.42 Å². The lowest BCUT2D eigenvalue weighted by Crippen LogP contribution is -2.40. The highest BCUT2D eigenvalue weighted by Gasteiger charge is 2.33. The molecule has 4 nitrogen and oxygen atoms in total. The molecule has 1 atom stereocenters. The van der Waals surface area contributed by atoms with Gasteiger partial charge in [0.25, 0.3) is 0 Å². The fraction of sp³-hybridized carbons (Fsp3) is 0.667. The molecule has 1 unspecified atom stereocenters. The van der Waals surface area contributed by atoms with Crippen molar-refractivity contribution in [2.45, 2.75) is 32.9 Å². The SMILES string of the molecule is CN1CC(CC#N)N(Cc2ccco2)CC(C)(C)C1. The van der Waals surface area contributed by atoms with Gasteiger partial charge in [-0.3, -0.25) is 4.90 Å². The molecule has 0 N–H and O–H groups in total.